The second kappa shape index (κ2) is 6.02. The van der Waals surface area contributed by atoms with Crippen molar-refractivity contribution in [3.8, 4) is 5.75 Å². The van der Waals surface area contributed by atoms with E-state index >= 15 is 0 Å². The fourth-order valence-corrected chi connectivity index (χ4v) is 2.56. The van der Waals surface area contributed by atoms with Gasteiger partial charge < -0.3 is 14.4 Å². The number of aromatic nitrogens is 1. The van der Waals surface area contributed by atoms with Crippen molar-refractivity contribution in [2.45, 2.75) is 19.6 Å². The van der Waals surface area contributed by atoms with E-state index in [1.165, 1.54) is 16.5 Å². The van der Waals surface area contributed by atoms with Gasteiger partial charge in [-0.2, -0.15) is 0 Å². The predicted molar refractivity (Wildman–Crippen MR) is 84.6 cm³/mol. The number of aliphatic hydroxyl groups excluding tert-OH is 1. The second-order valence-corrected chi connectivity index (χ2v) is 5.16. The first-order valence-corrected chi connectivity index (χ1v) is 7.12. The van der Waals surface area contributed by atoms with Gasteiger partial charge in [0.1, 0.15) is 5.75 Å². The molecule has 21 heavy (non-hydrogen) atoms. The van der Waals surface area contributed by atoms with Gasteiger partial charge in [-0.15, -0.1) is 0 Å². The van der Waals surface area contributed by atoms with Crippen LogP contribution in [0.5, 0.6) is 5.75 Å². The lowest BCUT2D eigenvalue weighted by Crippen LogP contribution is -2.00. The van der Waals surface area contributed by atoms with Gasteiger partial charge in [-0.3, -0.25) is 0 Å². The number of nitrogens with zero attached hydrogens (tertiary/aromatic N) is 1. The van der Waals surface area contributed by atoms with Gasteiger partial charge in [0, 0.05) is 18.3 Å². The van der Waals surface area contributed by atoms with E-state index < -0.39 is 0 Å². The molecule has 0 aliphatic carbocycles. The molecule has 3 nitrogen and oxygen atoms in total. The van der Waals surface area contributed by atoms with E-state index in [-0.39, 0.29) is 6.61 Å². The molecule has 1 aromatic heterocycles. The predicted octanol–water partition coefficient (Wildman–Crippen LogP) is 3.38. The van der Waals surface area contributed by atoms with Crippen molar-refractivity contribution in [1.29, 1.82) is 0 Å². The minimum Gasteiger partial charge on any atom is -0.497 e. The van der Waals surface area contributed by atoms with Gasteiger partial charge in [-0.1, -0.05) is 24.3 Å². The molecular weight excluding hydrogens is 262 g/mol. The number of benzene rings is 2. The van der Waals surface area contributed by atoms with Crippen LogP contribution in [0, 0.1) is 0 Å². The van der Waals surface area contributed by atoms with Gasteiger partial charge in [-0.05, 0) is 47.2 Å². The van der Waals surface area contributed by atoms with E-state index in [0.29, 0.717) is 0 Å². The van der Waals surface area contributed by atoms with Crippen molar-refractivity contribution in [2.24, 2.45) is 0 Å². The van der Waals surface area contributed by atoms with Gasteiger partial charge in [0.25, 0.3) is 0 Å². The molecule has 0 aliphatic heterocycles. The van der Waals surface area contributed by atoms with Gasteiger partial charge >= 0.3 is 0 Å². The summed E-state index contributed by atoms with van der Waals surface area (Å²) in [4.78, 5) is 0. The number of aryl methyl sites for hydroxylation is 2. The molecule has 1 N–H and O–H groups in total. The number of ether oxygens (including phenoxy) is 1. The smallest absolute Gasteiger partial charge is 0.118 e. The Morgan fingerprint density at radius 1 is 1.00 bits per heavy atom. The van der Waals surface area contributed by atoms with E-state index in [2.05, 4.69) is 41.1 Å². The average Bonchev–Trinajstić information content (AvgIpc) is 2.95. The molecule has 3 rings (SSSR count). The first-order valence-electron chi connectivity index (χ1n) is 7.12. The number of hydrogen-bond acceptors (Lipinski definition) is 2. The Kier molecular flexibility index (Phi) is 3.93. The van der Waals surface area contributed by atoms with Gasteiger partial charge in [0.15, 0.2) is 0 Å². The van der Waals surface area contributed by atoms with Gasteiger partial charge in [0.2, 0.25) is 0 Å². The van der Waals surface area contributed by atoms with E-state index in [0.717, 1.165) is 24.3 Å². The van der Waals surface area contributed by atoms with Crippen molar-refractivity contribution in [1.82, 2.24) is 4.57 Å². The summed E-state index contributed by atoms with van der Waals surface area (Å²) < 4.78 is 7.41. The van der Waals surface area contributed by atoms with Crippen LogP contribution in [0.2, 0.25) is 0 Å². The monoisotopic (exact) mass is 281 g/mol. The van der Waals surface area contributed by atoms with Crippen LogP contribution in [-0.2, 0) is 19.6 Å². The quantitative estimate of drug-likeness (QED) is 0.778. The fraction of sp³-hybridized carbons (Fsp3) is 0.222. The summed E-state index contributed by atoms with van der Waals surface area (Å²) >= 11 is 0. The zero-order valence-electron chi connectivity index (χ0n) is 12.1. The Morgan fingerprint density at radius 2 is 1.76 bits per heavy atom. The fourth-order valence-electron chi connectivity index (χ4n) is 2.56. The summed E-state index contributed by atoms with van der Waals surface area (Å²) in [5.41, 5.74) is 3.41. The number of methoxy groups -OCH3 is 1. The van der Waals surface area contributed by atoms with Crippen LogP contribution in [0.3, 0.4) is 0 Å². The molecule has 1 heterocycles. The lowest BCUT2D eigenvalue weighted by molar-refractivity contribution is 0.282. The Labute approximate surface area is 124 Å². The highest BCUT2D eigenvalue weighted by Crippen LogP contribution is 2.19. The first kappa shape index (κ1) is 13.7. The zero-order valence-corrected chi connectivity index (χ0v) is 12.1. The minimum absolute atomic E-state index is 0.0829. The molecule has 0 amide bonds. The molecule has 0 spiro atoms. The molecule has 0 bridgehead atoms. The summed E-state index contributed by atoms with van der Waals surface area (Å²) in [5, 5.41) is 10.5. The summed E-state index contributed by atoms with van der Waals surface area (Å²) in [6.45, 7) is 1.00. The second-order valence-electron chi connectivity index (χ2n) is 5.16. The van der Waals surface area contributed by atoms with Gasteiger partial charge in [-0.25, -0.2) is 0 Å². The number of hydrogen-bond donors (Lipinski definition) is 1. The van der Waals surface area contributed by atoms with Crippen molar-refractivity contribution < 1.29 is 9.84 Å². The molecule has 0 saturated carbocycles. The van der Waals surface area contributed by atoms with Crippen LogP contribution in [0.15, 0.2) is 54.7 Å². The highest BCUT2D eigenvalue weighted by molar-refractivity contribution is 5.80. The third-order valence-corrected chi connectivity index (χ3v) is 3.82. The van der Waals surface area contributed by atoms with Gasteiger partial charge in [0.05, 0.1) is 13.7 Å². The average molecular weight is 281 g/mol. The standard InChI is InChI=1S/C18H19NO2/c1-21-17-6-3-14(4-7-17)8-10-19-11-9-16-5-2-15(13-20)12-18(16)19/h2-7,9,11-12,20H,8,10,13H2,1H3. The third kappa shape index (κ3) is 2.93. The molecule has 0 atom stereocenters. The molecule has 0 fully saturated rings. The molecule has 3 aromatic rings. The number of fused-ring (bicyclic) bond motifs is 1. The van der Waals surface area contributed by atoms with Crippen LogP contribution < -0.4 is 4.74 Å². The van der Waals surface area contributed by atoms with Crippen LogP contribution in [-0.4, -0.2) is 16.8 Å². The Balaban J connectivity index is 1.77. The van der Waals surface area contributed by atoms with Crippen LogP contribution >= 0.6 is 0 Å². The maximum absolute atomic E-state index is 9.26. The molecule has 3 heteroatoms. The normalized spacial score (nSPS) is 11.0. The Morgan fingerprint density at radius 3 is 2.48 bits per heavy atom. The summed E-state index contributed by atoms with van der Waals surface area (Å²) in [6.07, 6.45) is 3.08. The summed E-state index contributed by atoms with van der Waals surface area (Å²) in [7, 11) is 1.68. The van der Waals surface area contributed by atoms with Crippen molar-refractivity contribution in [3.63, 3.8) is 0 Å². The highest BCUT2D eigenvalue weighted by atomic mass is 16.5. The third-order valence-electron chi connectivity index (χ3n) is 3.82. The molecule has 2 aromatic carbocycles. The lowest BCUT2D eigenvalue weighted by atomic mass is 10.1. The van der Waals surface area contributed by atoms with Crippen molar-refractivity contribution in [3.05, 3.63) is 65.9 Å². The summed E-state index contributed by atoms with van der Waals surface area (Å²) in [6, 6.07) is 16.4. The largest absolute Gasteiger partial charge is 0.497 e. The Hall–Kier alpha value is -2.26. The molecule has 108 valence electrons. The minimum atomic E-state index is 0.0829. The molecule has 0 aliphatic rings. The van der Waals surface area contributed by atoms with Crippen LogP contribution in [0.1, 0.15) is 11.1 Å². The van der Waals surface area contributed by atoms with Crippen LogP contribution in [0.25, 0.3) is 10.9 Å². The van der Waals surface area contributed by atoms with Crippen molar-refractivity contribution >= 4 is 10.9 Å². The van der Waals surface area contributed by atoms with E-state index in [1.54, 1.807) is 7.11 Å². The lowest BCUT2D eigenvalue weighted by Gasteiger charge is -2.07. The summed E-state index contributed by atoms with van der Waals surface area (Å²) in [5.74, 6) is 0.887. The maximum atomic E-state index is 9.26. The highest BCUT2D eigenvalue weighted by Gasteiger charge is 2.03. The molecule has 0 radical (unpaired) electrons. The van der Waals surface area contributed by atoms with E-state index in [1.807, 2.05) is 18.2 Å². The van der Waals surface area contributed by atoms with E-state index in [4.69, 9.17) is 4.74 Å². The zero-order chi connectivity index (χ0) is 14.7. The van der Waals surface area contributed by atoms with E-state index in [9.17, 15) is 5.11 Å². The maximum Gasteiger partial charge on any atom is 0.118 e. The SMILES string of the molecule is COc1ccc(CCn2ccc3ccc(CO)cc32)cc1. The Bertz CT molecular complexity index is 729. The first-order chi connectivity index (χ1) is 10.3. The topological polar surface area (TPSA) is 34.4 Å². The van der Waals surface area contributed by atoms with Crippen molar-refractivity contribution in [2.75, 3.05) is 7.11 Å². The molecule has 0 unspecified atom stereocenters. The molecular formula is C18H19NO2. The number of aliphatic hydroxyl groups is 1. The number of rotatable bonds is 5. The molecule has 0 saturated heterocycles. The van der Waals surface area contributed by atoms with Crippen LogP contribution in [0.4, 0.5) is 0 Å².